The first-order valence-electron chi connectivity index (χ1n) is 9.35. The van der Waals surface area contributed by atoms with Crippen LogP contribution in [-0.4, -0.2) is 64.1 Å². The van der Waals surface area contributed by atoms with Gasteiger partial charge in [0.25, 0.3) is 5.91 Å². The number of rotatable bonds is 2. The predicted octanol–water partition coefficient (Wildman–Crippen LogP) is 2.46. The quantitative estimate of drug-likeness (QED) is 0.882. The minimum atomic E-state index is -0.190. The summed E-state index contributed by atoms with van der Waals surface area (Å²) in [6.07, 6.45) is 2.92. The topological polar surface area (TPSA) is 59.6 Å². The second-order valence-corrected chi connectivity index (χ2v) is 7.53. The average molecular weight is 341 g/mol. The van der Waals surface area contributed by atoms with Crippen molar-refractivity contribution in [2.45, 2.75) is 45.3 Å². The maximum Gasteiger partial charge on any atom is 0.253 e. The zero-order valence-electron chi connectivity index (χ0n) is 15.1. The highest BCUT2D eigenvalue weighted by Gasteiger charge is 2.33. The number of hydrogen-bond acceptors (Lipinski definition) is 3. The van der Waals surface area contributed by atoms with Crippen LogP contribution in [-0.2, 0) is 0 Å². The summed E-state index contributed by atoms with van der Waals surface area (Å²) in [5.74, 6) is 0.117. The van der Waals surface area contributed by atoms with Crippen molar-refractivity contribution in [3.8, 4) is 0 Å². The Hall–Kier alpha value is -1.85. The molecule has 2 aliphatic rings. The van der Waals surface area contributed by atoms with Crippen molar-refractivity contribution in [3.63, 3.8) is 0 Å². The Morgan fingerprint density at radius 2 is 1.92 bits per heavy atom. The Morgan fingerprint density at radius 3 is 2.60 bits per heavy atom. The lowest BCUT2D eigenvalue weighted by molar-refractivity contribution is 0.0315. The molecule has 2 N–H and O–H groups in total. The van der Waals surface area contributed by atoms with Crippen molar-refractivity contribution in [3.05, 3.63) is 35.0 Å². The number of aliphatic hydroxyl groups is 1. The number of aryl methyl sites for hydroxylation is 2. The van der Waals surface area contributed by atoms with Gasteiger partial charge in [-0.1, -0.05) is 0 Å². The Kier molecular flexibility index (Phi) is 4.29. The van der Waals surface area contributed by atoms with Crippen LogP contribution >= 0.6 is 0 Å². The van der Waals surface area contributed by atoms with Crippen LogP contribution in [0.5, 0.6) is 0 Å². The van der Waals surface area contributed by atoms with E-state index in [1.807, 2.05) is 23.1 Å². The normalized spacial score (nSPS) is 25.0. The van der Waals surface area contributed by atoms with Crippen LogP contribution in [0.2, 0.25) is 0 Å². The highest BCUT2D eigenvalue weighted by Crippen LogP contribution is 2.26. The van der Waals surface area contributed by atoms with Gasteiger partial charge in [0.1, 0.15) is 0 Å². The van der Waals surface area contributed by atoms with E-state index >= 15 is 0 Å². The number of carbonyl (C=O) groups is 1. The number of carbonyl (C=O) groups excluding carboxylic acids is 1. The molecule has 0 unspecified atom stereocenters. The zero-order chi connectivity index (χ0) is 17.6. The van der Waals surface area contributed by atoms with Gasteiger partial charge in [0.05, 0.1) is 6.10 Å². The Bertz CT molecular complexity index is 790. The van der Waals surface area contributed by atoms with E-state index in [1.165, 1.54) is 5.56 Å². The highest BCUT2D eigenvalue weighted by molar-refractivity contribution is 5.99. The monoisotopic (exact) mass is 341 g/mol. The van der Waals surface area contributed by atoms with Crippen LogP contribution in [0, 0.1) is 13.8 Å². The molecule has 0 radical (unpaired) electrons. The second-order valence-electron chi connectivity index (χ2n) is 7.53. The lowest BCUT2D eigenvalue weighted by Crippen LogP contribution is -2.53. The SMILES string of the molecule is Cc1[nH]c2ccc(C(=O)N3CCN([C@H]4CCC[C@H]4O)CC3)cc2c1C. The highest BCUT2D eigenvalue weighted by atomic mass is 16.3. The molecule has 1 saturated heterocycles. The smallest absolute Gasteiger partial charge is 0.253 e. The van der Waals surface area contributed by atoms with Gasteiger partial charge >= 0.3 is 0 Å². The van der Waals surface area contributed by atoms with Crippen LogP contribution < -0.4 is 0 Å². The summed E-state index contributed by atoms with van der Waals surface area (Å²) in [7, 11) is 0. The fraction of sp³-hybridized carbons (Fsp3) is 0.550. The minimum Gasteiger partial charge on any atom is -0.391 e. The molecule has 1 amide bonds. The number of hydrogen-bond donors (Lipinski definition) is 2. The molecule has 134 valence electrons. The van der Waals surface area contributed by atoms with Gasteiger partial charge < -0.3 is 15.0 Å². The van der Waals surface area contributed by atoms with Gasteiger partial charge in [-0.2, -0.15) is 0 Å². The molecule has 5 nitrogen and oxygen atoms in total. The van der Waals surface area contributed by atoms with E-state index in [-0.39, 0.29) is 12.0 Å². The van der Waals surface area contributed by atoms with Crippen molar-refractivity contribution in [1.29, 1.82) is 0 Å². The summed E-state index contributed by atoms with van der Waals surface area (Å²) in [5, 5.41) is 11.2. The first-order valence-corrected chi connectivity index (χ1v) is 9.35. The maximum atomic E-state index is 12.9. The number of aromatic nitrogens is 1. The van der Waals surface area contributed by atoms with Crippen molar-refractivity contribution in [2.75, 3.05) is 26.2 Å². The van der Waals surface area contributed by atoms with Gasteiger partial charge in [0, 0.05) is 54.4 Å². The Balaban J connectivity index is 1.46. The van der Waals surface area contributed by atoms with Gasteiger partial charge in [0.2, 0.25) is 0 Å². The molecule has 1 aromatic heterocycles. The molecule has 1 saturated carbocycles. The molecule has 2 aromatic rings. The molecule has 2 heterocycles. The van der Waals surface area contributed by atoms with Crippen LogP contribution in [0.4, 0.5) is 0 Å². The number of nitrogens with zero attached hydrogens (tertiary/aromatic N) is 2. The molecular weight excluding hydrogens is 314 g/mol. The number of aliphatic hydroxyl groups excluding tert-OH is 1. The van der Waals surface area contributed by atoms with E-state index in [4.69, 9.17) is 0 Å². The van der Waals surface area contributed by atoms with Crippen LogP contribution in [0.25, 0.3) is 10.9 Å². The third-order valence-electron chi connectivity index (χ3n) is 6.07. The fourth-order valence-electron chi connectivity index (χ4n) is 4.38. The molecule has 1 aliphatic heterocycles. The first-order chi connectivity index (χ1) is 12.0. The van der Waals surface area contributed by atoms with Crippen molar-refractivity contribution < 1.29 is 9.90 Å². The third kappa shape index (κ3) is 2.96. The molecule has 1 aliphatic carbocycles. The molecule has 2 atom stereocenters. The number of H-pyrrole nitrogens is 1. The number of aromatic amines is 1. The summed E-state index contributed by atoms with van der Waals surface area (Å²) in [6.45, 7) is 7.36. The number of fused-ring (bicyclic) bond motifs is 1. The van der Waals surface area contributed by atoms with E-state index in [9.17, 15) is 9.90 Å². The predicted molar refractivity (Wildman–Crippen MR) is 98.9 cm³/mol. The summed E-state index contributed by atoms with van der Waals surface area (Å²) in [4.78, 5) is 20.6. The molecule has 25 heavy (non-hydrogen) atoms. The summed E-state index contributed by atoms with van der Waals surface area (Å²) < 4.78 is 0. The van der Waals surface area contributed by atoms with Crippen molar-refractivity contribution in [1.82, 2.24) is 14.8 Å². The van der Waals surface area contributed by atoms with E-state index < -0.39 is 0 Å². The summed E-state index contributed by atoms with van der Waals surface area (Å²) >= 11 is 0. The molecule has 5 heteroatoms. The Morgan fingerprint density at radius 1 is 1.16 bits per heavy atom. The minimum absolute atomic E-state index is 0.117. The standard InChI is InChI=1S/C20H27N3O2/c1-13-14(2)21-17-7-6-15(12-16(13)17)20(25)23-10-8-22(9-11-23)18-4-3-5-19(18)24/h6-7,12,18-19,21,24H,3-5,8-11H2,1-2H3/t18-,19+/m0/s1. The first kappa shape index (κ1) is 16.6. The van der Waals surface area contributed by atoms with E-state index in [0.29, 0.717) is 6.04 Å². The summed E-state index contributed by atoms with van der Waals surface area (Å²) in [5.41, 5.74) is 4.23. The molecule has 1 aromatic carbocycles. The van der Waals surface area contributed by atoms with E-state index in [2.05, 4.69) is 23.7 Å². The van der Waals surface area contributed by atoms with Crippen molar-refractivity contribution in [2.24, 2.45) is 0 Å². The Labute approximate surface area is 148 Å². The van der Waals surface area contributed by atoms with E-state index in [0.717, 1.165) is 67.6 Å². The van der Waals surface area contributed by atoms with Crippen LogP contribution in [0.3, 0.4) is 0 Å². The fourth-order valence-corrected chi connectivity index (χ4v) is 4.38. The number of benzene rings is 1. The van der Waals surface area contributed by atoms with Crippen LogP contribution in [0.15, 0.2) is 18.2 Å². The maximum absolute atomic E-state index is 12.9. The zero-order valence-corrected chi connectivity index (χ0v) is 15.1. The molecular formula is C20H27N3O2. The van der Waals surface area contributed by atoms with E-state index in [1.54, 1.807) is 0 Å². The van der Waals surface area contributed by atoms with Gasteiger partial charge in [-0.25, -0.2) is 0 Å². The lowest BCUT2D eigenvalue weighted by Gasteiger charge is -2.39. The summed E-state index contributed by atoms with van der Waals surface area (Å²) in [6, 6.07) is 6.24. The van der Waals surface area contributed by atoms with Crippen molar-refractivity contribution >= 4 is 16.8 Å². The van der Waals surface area contributed by atoms with Gasteiger partial charge in [-0.15, -0.1) is 0 Å². The molecule has 4 rings (SSSR count). The third-order valence-corrected chi connectivity index (χ3v) is 6.07. The second kappa shape index (κ2) is 6.46. The van der Waals surface area contributed by atoms with Crippen LogP contribution in [0.1, 0.15) is 40.9 Å². The van der Waals surface area contributed by atoms with Gasteiger partial charge in [-0.05, 0) is 56.9 Å². The van der Waals surface area contributed by atoms with Gasteiger partial charge in [0.15, 0.2) is 0 Å². The average Bonchev–Trinajstić information content (AvgIpc) is 3.18. The molecule has 2 fully saturated rings. The number of nitrogens with one attached hydrogen (secondary N) is 1. The number of piperazine rings is 1. The number of amides is 1. The largest absolute Gasteiger partial charge is 0.391 e. The molecule has 0 spiro atoms. The lowest BCUT2D eigenvalue weighted by atomic mass is 10.1. The molecule has 0 bridgehead atoms. The van der Waals surface area contributed by atoms with Gasteiger partial charge in [-0.3, -0.25) is 9.69 Å².